The molecule has 4 heterocycles. The zero-order valence-corrected chi connectivity index (χ0v) is 41.8. The fourth-order valence-electron chi connectivity index (χ4n) is 10.2. The van der Waals surface area contributed by atoms with Gasteiger partial charge in [0.2, 0.25) is 0 Å². The van der Waals surface area contributed by atoms with Crippen molar-refractivity contribution in [1.29, 1.82) is 0 Å². The van der Waals surface area contributed by atoms with E-state index in [2.05, 4.69) is 14.1 Å². The van der Waals surface area contributed by atoms with Gasteiger partial charge in [-0.1, -0.05) is 48.5 Å². The minimum Gasteiger partial charge on any atom is -1.00 e. The largest absolute Gasteiger partial charge is 1.00 e. The summed E-state index contributed by atoms with van der Waals surface area (Å²) in [5.74, 6) is -2.16. The smallest absolute Gasteiger partial charge is 0.261 e. The van der Waals surface area contributed by atoms with Crippen LogP contribution in [0.2, 0.25) is 0 Å². The number of imide groups is 4. The Hall–Kier alpha value is -5.68. The van der Waals surface area contributed by atoms with E-state index in [-0.39, 0.29) is 81.2 Å². The standard InChI is InChI=1S/C52H58N6O8.2BrH/c1-57(33-15-27-53-45(59)37-19-5-6-20-38(37)46(53)60,34-16-28-54-47(61)39-21-7-8-22-40(39)48(54)62)31-13-3-4-14-32-58(2,35-17-29-55-49(63)41-23-9-10-24-42(41)50(55)64)36-18-30-56-51(65)43-25-11-12-26-44(43)52(56)66;;/h5-12,19-26H,3-4,13-18,27-36H2,1-2H3;2*1H/q+2;;/p-2. The van der Waals surface area contributed by atoms with Crippen LogP contribution in [0.3, 0.4) is 0 Å². The molecule has 0 atom stereocenters. The van der Waals surface area contributed by atoms with Crippen LogP contribution in [-0.2, 0) is 0 Å². The van der Waals surface area contributed by atoms with Crippen molar-refractivity contribution in [3.63, 3.8) is 0 Å². The van der Waals surface area contributed by atoms with Crippen LogP contribution in [-0.4, -0.2) is 155 Å². The van der Waals surface area contributed by atoms with Crippen LogP contribution < -0.4 is 34.0 Å². The van der Waals surface area contributed by atoms with Crippen LogP contribution in [0.1, 0.15) is 134 Å². The Morgan fingerprint density at radius 1 is 0.279 bits per heavy atom. The first-order valence-electron chi connectivity index (χ1n) is 23.3. The van der Waals surface area contributed by atoms with Gasteiger partial charge in [0.05, 0.1) is 97.9 Å². The lowest BCUT2D eigenvalue weighted by molar-refractivity contribution is -0.910. The number of hydrogen-bond donors (Lipinski definition) is 0. The third-order valence-corrected chi connectivity index (χ3v) is 14.0. The van der Waals surface area contributed by atoms with Crippen LogP contribution >= 0.6 is 0 Å². The van der Waals surface area contributed by atoms with Gasteiger partial charge in [0.15, 0.2) is 0 Å². The molecule has 4 aliphatic rings. The number of rotatable bonds is 23. The molecule has 0 bridgehead atoms. The number of hydrogen-bond acceptors (Lipinski definition) is 8. The first kappa shape index (κ1) is 51.7. The summed E-state index contributed by atoms with van der Waals surface area (Å²) in [5.41, 5.74) is 3.45. The molecule has 0 unspecified atom stereocenters. The second-order valence-electron chi connectivity index (χ2n) is 18.6. The molecule has 68 heavy (non-hydrogen) atoms. The lowest BCUT2D eigenvalue weighted by Crippen LogP contribution is -3.00. The highest BCUT2D eigenvalue weighted by atomic mass is 79.9. The van der Waals surface area contributed by atoms with Crippen molar-refractivity contribution >= 4 is 47.3 Å². The quantitative estimate of drug-likeness (QED) is 0.0582. The van der Waals surface area contributed by atoms with E-state index in [1.165, 1.54) is 19.6 Å². The normalized spacial score (nSPS) is 15.3. The van der Waals surface area contributed by atoms with E-state index < -0.39 is 0 Å². The SMILES string of the molecule is C[N+](CCCCCC[N+](C)(CCCN1C(=O)c2ccccc2C1=O)CCCN1C(=O)c2ccccc2C1=O)(CCCN1C(=O)c2ccccc2C1=O)CCCN1C(=O)c2ccccc2C1=O.[Br-].[Br-]. The summed E-state index contributed by atoms with van der Waals surface area (Å²) < 4.78 is 1.30. The van der Waals surface area contributed by atoms with Gasteiger partial charge in [-0.15, -0.1) is 0 Å². The van der Waals surface area contributed by atoms with Gasteiger partial charge in [0.25, 0.3) is 47.3 Å². The Labute approximate surface area is 418 Å². The highest BCUT2D eigenvalue weighted by Gasteiger charge is 2.39. The van der Waals surface area contributed by atoms with Crippen LogP contribution in [0.25, 0.3) is 0 Å². The van der Waals surface area contributed by atoms with Gasteiger partial charge in [0.1, 0.15) is 0 Å². The zero-order valence-electron chi connectivity index (χ0n) is 38.7. The molecule has 0 spiro atoms. The molecule has 0 aliphatic carbocycles. The van der Waals surface area contributed by atoms with Gasteiger partial charge in [-0.25, -0.2) is 0 Å². The molecule has 0 saturated heterocycles. The third-order valence-electron chi connectivity index (χ3n) is 14.0. The van der Waals surface area contributed by atoms with Crippen LogP contribution in [0.5, 0.6) is 0 Å². The number of carbonyl (C=O) groups excluding carboxylic acids is 8. The molecular weight excluding hydrogens is 996 g/mol. The fourth-order valence-corrected chi connectivity index (χ4v) is 10.2. The van der Waals surface area contributed by atoms with E-state index >= 15 is 0 Å². The molecule has 0 fully saturated rings. The first-order valence-corrected chi connectivity index (χ1v) is 23.3. The second kappa shape index (κ2) is 22.2. The summed E-state index contributed by atoms with van der Waals surface area (Å²) in [4.78, 5) is 110. The number of fused-ring (bicyclic) bond motifs is 4. The Bertz CT molecular complexity index is 2140. The summed E-state index contributed by atoms with van der Waals surface area (Å²) in [6, 6.07) is 27.6. The highest BCUT2D eigenvalue weighted by molar-refractivity contribution is 6.23. The lowest BCUT2D eigenvalue weighted by Gasteiger charge is -2.36. The van der Waals surface area contributed by atoms with Crippen molar-refractivity contribution in [2.75, 3.05) is 79.5 Å². The van der Waals surface area contributed by atoms with Gasteiger partial charge in [-0.05, 0) is 74.2 Å². The number of unbranched alkanes of at least 4 members (excludes halogenated alkanes) is 3. The fraction of sp³-hybridized carbons (Fsp3) is 0.385. The highest BCUT2D eigenvalue weighted by Crippen LogP contribution is 2.27. The monoisotopic (exact) mass is 1050 g/mol. The average Bonchev–Trinajstić information content (AvgIpc) is 3.91. The minimum absolute atomic E-state index is 0. The van der Waals surface area contributed by atoms with Gasteiger partial charge in [-0.3, -0.25) is 58.0 Å². The summed E-state index contributed by atoms with van der Waals surface area (Å²) in [5, 5.41) is 0. The predicted octanol–water partition coefficient (Wildman–Crippen LogP) is 0.193. The number of amides is 8. The molecule has 0 radical (unpaired) electrons. The Morgan fingerprint density at radius 2 is 0.441 bits per heavy atom. The van der Waals surface area contributed by atoms with Gasteiger partial charge in [-0.2, -0.15) is 0 Å². The molecule has 0 saturated carbocycles. The molecule has 8 rings (SSSR count). The van der Waals surface area contributed by atoms with Crippen molar-refractivity contribution in [3.8, 4) is 0 Å². The summed E-state index contributed by atoms with van der Waals surface area (Å²) in [6.45, 7) is 5.66. The van der Waals surface area contributed by atoms with Gasteiger partial charge < -0.3 is 42.9 Å². The minimum atomic E-state index is -0.270. The maximum atomic E-state index is 13.1. The molecule has 4 aromatic rings. The lowest BCUT2D eigenvalue weighted by atomic mass is 10.1. The van der Waals surface area contributed by atoms with Crippen molar-refractivity contribution in [3.05, 3.63) is 142 Å². The van der Waals surface area contributed by atoms with E-state index in [9.17, 15) is 38.4 Å². The second-order valence-corrected chi connectivity index (χ2v) is 18.6. The Morgan fingerprint density at radius 3 is 0.618 bits per heavy atom. The zero-order chi connectivity index (χ0) is 46.6. The molecule has 0 aromatic heterocycles. The molecule has 4 aromatic carbocycles. The van der Waals surface area contributed by atoms with E-state index in [0.717, 1.165) is 38.8 Å². The van der Waals surface area contributed by atoms with Crippen LogP contribution in [0, 0.1) is 0 Å². The number of halogens is 2. The third kappa shape index (κ3) is 10.6. The molecule has 0 N–H and O–H groups in total. The van der Waals surface area contributed by atoms with Crippen molar-refractivity contribution in [2.24, 2.45) is 0 Å². The number of benzene rings is 4. The van der Waals surface area contributed by atoms with E-state index in [4.69, 9.17) is 0 Å². The van der Waals surface area contributed by atoms with Gasteiger partial charge >= 0.3 is 0 Å². The molecule has 14 nitrogen and oxygen atoms in total. The van der Waals surface area contributed by atoms with Crippen molar-refractivity contribution in [2.45, 2.75) is 51.4 Å². The van der Waals surface area contributed by atoms with E-state index in [1.807, 2.05) is 0 Å². The molecule has 16 heteroatoms. The number of quaternary nitrogens is 2. The summed E-state index contributed by atoms with van der Waals surface area (Å²) in [6.07, 6.45) is 6.15. The molecule has 8 amide bonds. The van der Waals surface area contributed by atoms with Crippen LogP contribution in [0.15, 0.2) is 97.1 Å². The van der Waals surface area contributed by atoms with E-state index in [0.29, 0.717) is 132 Å². The molecular formula is C52H58Br2N6O8. The summed E-state index contributed by atoms with van der Waals surface area (Å²) >= 11 is 0. The number of carbonyl (C=O) groups is 8. The maximum Gasteiger partial charge on any atom is 0.261 e. The first-order chi connectivity index (χ1) is 31.8. The molecule has 358 valence electrons. The summed E-state index contributed by atoms with van der Waals surface area (Å²) in [7, 11) is 4.34. The topological polar surface area (TPSA) is 150 Å². The van der Waals surface area contributed by atoms with Crippen molar-refractivity contribution < 1.29 is 81.3 Å². The average molecular weight is 1050 g/mol. The van der Waals surface area contributed by atoms with E-state index in [1.54, 1.807) is 97.1 Å². The predicted molar refractivity (Wildman–Crippen MR) is 246 cm³/mol. The number of nitrogens with zero attached hydrogens (tertiary/aromatic N) is 6. The Balaban J connectivity index is 0.00000381. The van der Waals surface area contributed by atoms with Crippen molar-refractivity contribution in [1.82, 2.24) is 19.6 Å². The molecule has 4 aliphatic heterocycles. The van der Waals surface area contributed by atoms with Crippen LogP contribution in [0.4, 0.5) is 0 Å². The maximum absolute atomic E-state index is 13.1. The Kier molecular flexibility index (Phi) is 16.9. The van der Waals surface area contributed by atoms with Gasteiger partial charge in [0, 0.05) is 51.9 Å².